The van der Waals surface area contributed by atoms with Gasteiger partial charge in [0.15, 0.2) is 6.61 Å². The second kappa shape index (κ2) is 9.08. The highest BCUT2D eigenvalue weighted by Gasteiger charge is 2.22. The first-order valence-corrected chi connectivity index (χ1v) is 9.57. The van der Waals surface area contributed by atoms with E-state index in [0.29, 0.717) is 35.1 Å². The van der Waals surface area contributed by atoms with Gasteiger partial charge in [0.25, 0.3) is 11.8 Å². The van der Waals surface area contributed by atoms with Crippen molar-refractivity contribution in [3.8, 4) is 5.75 Å². The molecule has 1 fully saturated rings. The first-order chi connectivity index (χ1) is 13.4. The second-order valence-corrected chi connectivity index (χ2v) is 7.30. The Morgan fingerprint density at radius 1 is 1.11 bits per heavy atom. The Hall–Kier alpha value is -2.57. The van der Waals surface area contributed by atoms with E-state index in [9.17, 15) is 9.59 Å². The van der Waals surface area contributed by atoms with Crippen LogP contribution < -0.4 is 10.1 Å². The Bertz CT molecular complexity index is 864. The lowest BCUT2D eigenvalue weighted by Crippen LogP contribution is -2.47. The molecule has 0 radical (unpaired) electrons. The second-order valence-electron chi connectivity index (χ2n) is 6.89. The quantitative estimate of drug-likeness (QED) is 0.836. The zero-order valence-electron chi connectivity index (χ0n) is 16.1. The van der Waals surface area contributed by atoms with Gasteiger partial charge in [-0.25, -0.2) is 0 Å². The number of nitrogens with one attached hydrogen (secondary N) is 1. The molecule has 2 aromatic rings. The average molecular weight is 402 g/mol. The monoisotopic (exact) mass is 401 g/mol. The summed E-state index contributed by atoms with van der Waals surface area (Å²) < 4.78 is 5.53. The first-order valence-electron chi connectivity index (χ1n) is 9.19. The van der Waals surface area contributed by atoms with Gasteiger partial charge in [0, 0.05) is 31.2 Å². The molecule has 1 saturated heterocycles. The highest BCUT2D eigenvalue weighted by molar-refractivity contribution is 6.31. The topological polar surface area (TPSA) is 61.9 Å². The molecular weight excluding hydrogens is 378 g/mol. The third-order valence-corrected chi connectivity index (χ3v) is 5.15. The van der Waals surface area contributed by atoms with Crippen LogP contribution in [0.3, 0.4) is 0 Å². The molecule has 2 aromatic carbocycles. The maximum atomic E-state index is 12.9. The highest BCUT2D eigenvalue weighted by atomic mass is 35.5. The zero-order valence-corrected chi connectivity index (χ0v) is 16.8. The van der Waals surface area contributed by atoms with Gasteiger partial charge in [-0.15, -0.1) is 0 Å². The number of likely N-dealkylation sites (N-methyl/N-ethyl adjacent to an activating group) is 1. The number of carbonyl (C=O) groups is 2. The van der Waals surface area contributed by atoms with Gasteiger partial charge in [0.1, 0.15) is 5.75 Å². The number of hydrogen-bond donors (Lipinski definition) is 1. The van der Waals surface area contributed by atoms with Gasteiger partial charge in [-0.3, -0.25) is 9.59 Å². The Labute approximate surface area is 170 Å². The largest absolute Gasteiger partial charge is 0.484 e. The number of piperazine rings is 1. The van der Waals surface area contributed by atoms with E-state index in [2.05, 4.69) is 10.2 Å². The first kappa shape index (κ1) is 20.2. The number of benzene rings is 2. The van der Waals surface area contributed by atoms with Crippen LogP contribution in [0.15, 0.2) is 42.5 Å². The highest BCUT2D eigenvalue weighted by Crippen LogP contribution is 2.21. The van der Waals surface area contributed by atoms with Crippen LogP contribution in [0, 0.1) is 6.92 Å². The van der Waals surface area contributed by atoms with E-state index in [1.807, 2.05) is 18.9 Å². The van der Waals surface area contributed by atoms with Gasteiger partial charge < -0.3 is 19.9 Å². The minimum absolute atomic E-state index is 0.0711. The summed E-state index contributed by atoms with van der Waals surface area (Å²) in [5, 5.41) is 3.43. The number of nitrogens with zero attached hydrogens (tertiary/aromatic N) is 2. The number of hydrogen-bond acceptors (Lipinski definition) is 4. The van der Waals surface area contributed by atoms with Crippen molar-refractivity contribution >= 4 is 29.1 Å². The van der Waals surface area contributed by atoms with Crippen LogP contribution in [-0.4, -0.2) is 61.4 Å². The molecule has 0 unspecified atom stereocenters. The Morgan fingerprint density at radius 3 is 2.54 bits per heavy atom. The molecule has 148 valence electrons. The van der Waals surface area contributed by atoms with Crippen molar-refractivity contribution in [3.05, 3.63) is 58.6 Å². The van der Waals surface area contributed by atoms with Crippen LogP contribution in [0.2, 0.25) is 5.02 Å². The third-order valence-electron chi connectivity index (χ3n) is 4.72. The van der Waals surface area contributed by atoms with Crippen molar-refractivity contribution in [3.63, 3.8) is 0 Å². The van der Waals surface area contributed by atoms with Crippen LogP contribution in [0.25, 0.3) is 0 Å². The van der Waals surface area contributed by atoms with Crippen molar-refractivity contribution in [2.24, 2.45) is 0 Å². The average Bonchev–Trinajstić information content (AvgIpc) is 2.69. The fourth-order valence-corrected chi connectivity index (χ4v) is 3.12. The van der Waals surface area contributed by atoms with Crippen LogP contribution in [0.5, 0.6) is 5.75 Å². The van der Waals surface area contributed by atoms with Gasteiger partial charge in [0.2, 0.25) is 0 Å². The molecule has 0 atom stereocenters. The van der Waals surface area contributed by atoms with Crippen molar-refractivity contribution in [1.29, 1.82) is 0 Å². The van der Waals surface area contributed by atoms with Crippen LogP contribution in [-0.2, 0) is 4.79 Å². The van der Waals surface area contributed by atoms with Gasteiger partial charge in [-0.05, 0) is 49.9 Å². The van der Waals surface area contributed by atoms with Crippen molar-refractivity contribution in [2.45, 2.75) is 6.92 Å². The van der Waals surface area contributed by atoms with Crippen LogP contribution in [0.1, 0.15) is 15.9 Å². The minimum atomic E-state index is -0.328. The fraction of sp³-hybridized carbons (Fsp3) is 0.333. The molecule has 0 saturated carbocycles. The Morgan fingerprint density at radius 2 is 1.82 bits per heavy atom. The summed E-state index contributed by atoms with van der Waals surface area (Å²) in [6, 6.07) is 12.3. The lowest BCUT2D eigenvalue weighted by atomic mass is 10.1. The normalized spacial score (nSPS) is 14.6. The summed E-state index contributed by atoms with van der Waals surface area (Å²) in [5.74, 6) is 0.170. The standard InChI is InChI=1S/C21H24ClN3O3/c1-15-13-16(7-8-18(15)22)28-14-20(26)23-19-6-4-3-5-17(19)21(27)25-11-9-24(2)10-12-25/h3-8,13H,9-12,14H2,1-2H3,(H,23,26). The summed E-state index contributed by atoms with van der Waals surface area (Å²) in [4.78, 5) is 29.2. The number of carbonyl (C=O) groups excluding carboxylic acids is 2. The molecule has 1 heterocycles. The van der Waals surface area contributed by atoms with E-state index in [4.69, 9.17) is 16.3 Å². The third kappa shape index (κ3) is 5.03. The molecule has 6 nitrogen and oxygen atoms in total. The lowest BCUT2D eigenvalue weighted by Gasteiger charge is -2.32. The number of para-hydroxylation sites is 1. The van der Waals surface area contributed by atoms with Gasteiger partial charge in [-0.2, -0.15) is 0 Å². The number of ether oxygens (including phenoxy) is 1. The fourth-order valence-electron chi connectivity index (χ4n) is 3.00. The number of anilines is 1. The van der Waals surface area contributed by atoms with E-state index in [0.717, 1.165) is 18.7 Å². The number of rotatable bonds is 5. The summed E-state index contributed by atoms with van der Waals surface area (Å²) in [6.07, 6.45) is 0. The Kier molecular flexibility index (Phi) is 6.54. The van der Waals surface area contributed by atoms with Crippen LogP contribution in [0.4, 0.5) is 5.69 Å². The SMILES string of the molecule is Cc1cc(OCC(=O)Nc2ccccc2C(=O)N2CCN(C)CC2)ccc1Cl. The number of halogens is 1. The van der Waals surface area contributed by atoms with E-state index < -0.39 is 0 Å². The van der Waals surface area contributed by atoms with E-state index in [1.165, 1.54) is 0 Å². The predicted molar refractivity (Wildman–Crippen MR) is 110 cm³/mol. The van der Waals surface area contributed by atoms with E-state index in [-0.39, 0.29) is 18.4 Å². The van der Waals surface area contributed by atoms with Crippen molar-refractivity contribution in [2.75, 3.05) is 45.2 Å². The molecule has 0 spiro atoms. The molecule has 0 bridgehead atoms. The van der Waals surface area contributed by atoms with Gasteiger partial charge in [-0.1, -0.05) is 23.7 Å². The van der Waals surface area contributed by atoms with E-state index >= 15 is 0 Å². The molecule has 1 N–H and O–H groups in total. The maximum absolute atomic E-state index is 12.9. The molecule has 3 rings (SSSR count). The molecule has 0 aliphatic carbocycles. The molecule has 2 amide bonds. The molecule has 7 heteroatoms. The molecule has 28 heavy (non-hydrogen) atoms. The minimum Gasteiger partial charge on any atom is -0.484 e. The molecular formula is C21H24ClN3O3. The summed E-state index contributed by atoms with van der Waals surface area (Å²) in [5.41, 5.74) is 1.86. The summed E-state index contributed by atoms with van der Waals surface area (Å²) in [6.45, 7) is 4.75. The smallest absolute Gasteiger partial charge is 0.262 e. The van der Waals surface area contributed by atoms with Crippen molar-refractivity contribution in [1.82, 2.24) is 9.80 Å². The van der Waals surface area contributed by atoms with Crippen molar-refractivity contribution < 1.29 is 14.3 Å². The Balaban J connectivity index is 1.63. The number of aryl methyl sites for hydroxylation is 1. The number of amides is 2. The molecule has 0 aromatic heterocycles. The zero-order chi connectivity index (χ0) is 20.1. The van der Waals surface area contributed by atoms with Gasteiger partial charge in [0.05, 0.1) is 11.3 Å². The van der Waals surface area contributed by atoms with Crippen LogP contribution >= 0.6 is 11.6 Å². The lowest BCUT2D eigenvalue weighted by molar-refractivity contribution is -0.118. The molecule has 1 aliphatic rings. The molecule has 1 aliphatic heterocycles. The van der Waals surface area contributed by atoms with E-state index in [1.54, 1.807) is 42.5 Å². The summed E-state index contributed by atoms with van der Waals surface area (Å²) >= 11 is 6.00. The predicted octanol–water partition coefficient (Wildman–Crippen LogP) is 3.05. The summed E-state index contributed by atoms with van der Waals surface area (Å²) in [7, 11) is 2.04. The van der Waals surface area contributed by atoms with Gasteiger partial charge >= 0.3 is 0 Å². The maximum Gasteiger partial charge on any atom is 0.262 e.